The Morgan fingerprint density at radius 3 is 2.83 bits per heavy atom. The Balaban J connectivity index is 1.80. The van der Waals surface area contributed by atoms with Crippen molar-refractivity contribution < 1.29 is 0 Å². The summed E-state index contributed by atoms with van der Waals surface area (Å²) < 4.78 is 1.97. The maximum Gasteiger partial charge on any atom is 0.0537 e. The van der Waals surface area contributed by atoms with E-state index in [2.05, 4.69) is 36.1 Å². The van der Waals surface area contributed by atoms with Crippen LogP contribution in [0.4, 0.5) is 0 Å². The summed E-state index contributed by atoms with van der Waals surface area (Å²) in [7, 11) is 2.02. The average Bonchev–Trinajstić information content (AvgIpc) is 2.95. The van der Waals surface area contributed by atoms with Crippen LogP contribution in [0.3, 0.4) is 0 Å². The molecule has 1 aromatic heterocycles. The van der Waals surface area contributed by atoms with Gasteiger partial charge in [-0.05, 0) is 39.2 Å². The molecule has 4 nitrogen and oxygen atoms in total. The average molecular weight is 248 g/mol. The molecule has 2 aliphatic rings. The highest BCUT2D eigenvalue weighted by atomic mass is 15.3. The zero-order valence-corrected chi connectivity index (χ0v) is 11.9. The highest BCUT2D eigenvalue weighted by Crippen LogP contribution is 2.41. The summed E-state index contributed by atoms with van der Waals surface area (Å²) in [4.78, 5) is 2.65. The van der Waals surface area contributed by atoms with E-state index in [0.717, 1.165) is 18.4 Å². The normalized spacial score (nSPS) is 30.9. The van der Waals surface area contributed by atoms with E-state index in [1.807, 2.05) is 17.9 Å². The van der Waals surface area contributed by atoms with Gasteiger partial charge in [0.15, 0.2) is 0 Å². The Morgan fingerprint density at radius 2 is 2.22 bits per heavy atom. The second-order valence-electron chi connectivity index (χ2n) is 6.44. The topological polar surface area (TPSA) is 33.1 Å². The largest absolute Gasteiger partial charge is 0.316 e. The summed E-state index contributed by atoms with van der Waals surface area (Å²) in [5.74, 6) is 1.63. The zero-order chi connectivity index (χ0) is 12.9. The minimum Gasteiger partial charge on any atom is -0.316 e. The minimum absolute atomic E-state index is 0.302. The Morgan fingerprint density at radius 1 is 1.44 bits per heavy atom. The monoisotopic (exact) mass is 248 g/mol. The second-order valence-corrected chi connectivity index (χ2v) is 6.44. The van der Waals surface area contributed by atoms with Crippen LogP contribution in [0.15, 0.2) is 6.20 Å². The lowest BCUT2D eigenvalue weighted by molar-refractivity contribution is 0.132. The smallest absolute Gasteiger partial charge is 0.0537 e. The number of fused-ring (bicyclic) bond motifs is 1. The molecule has 0 bridgehead atoms. The van der Waals surface area contributed by atoms with Gasteiger partial charge in [-0.1, -0.05) is 0 Å². The van der Waals surface area contributed by atoms with Crippen LogP contribution < -0.4 is 5.32 Å². The first kappa shape index (κ1) is 12.2. The van der Waals surface area contributed by atoms with Gasteiger partial charge in [-0.2, -0.15) is 5.10 Å². The number of aromatic nitrogens is 2. The molecule has 2 aliphatic heterocycles. The molecule has 0 saturated carbocycles. The predicted molar refractivity (Wildman–Crippen MR) is 72.3 cm³/mol. The van der Waals surface area contributed by atoms with Gasteiger partial charge in [-0.15, -0.1) is 0 Å². The lowest BCUT2D eigenvalue weighted by Gasteiger charge is -2.35. The summed E-state index contributed by atoms with van der Waals surface area (Å²) >= 11 is 0. The van der Waals surface area contributed by atoms with E-state index in [1.54, 1.807) is 0 Å². The molecule has 0 spiro atoms. The van der Waals surface area contributed by atoms with Gasteiger partial charge in [-0.25, -0.2) is 0 Å². The lowest BCUT2D eigenvalue weighted by Crippen LogP contribution is -2.43. The molecule has 0 aromatic carbocycles. The molecule has 18 heavy (non-hydrogen) atoms. The first-order valence-corrected chi connectivity index (χ1v) is 6.93. The molecule has 100 valence electrons. The molecule has 3 rings (SSSR count). The fourth-order valence-electron chi connectivity index (χ4n) is 3.68. The molecule has 0 radical (unpaired) electrons. The Bertz CT molecular complexity index is 449. The SMILES string of the molecule is Cc1c(CN2CC3CNCC3C2(C)C)cnn1C. The maximum atomic E-state index is 4.36. The van der Waals surface area contributed by atoms with Crippen LogP contribution >= 0.6 is 0 Å². The number of rotatable bonds is 2. The molecule has 3 heterocycles. The Labute approximate surface area is 109 Å². The van der Waals surface area contributed by atoms with Gasteiger partial charge >= 0.3 is 0 Å². The quantitative estimate of drug-likeness (QED) is 0.852. The molecule has 1 N–H and O–H groups in total. The third-order valence-electron chi connectivity index (χ3n) is 5.22. The van der Waals surface area contributed by atoms with Crippen LogP contribution in [0, 0.1) is 18.8 Å². The van der Waals surface area contributed by atoms with Gasteiger partial charge in [-0.3, -0.25) is 9.58 Å². The van der Waals surface area contributed by atoms with Crippen molar-refractivity contribution in [2.45, 2.75) is 32.9 Å². The number of nitrogens with one attached hydrogen (secondary N) is 1. The standard InChI is InChI=1S/C14H24N4/c1-10-11(6-16-17(10)4)8-18-9-12-5-15-7-13(12)14(18,2)3/h6,12-13,15H,5,7-9H2,1-4H3. The Hall–Kier alpha value is -0.870. The first-order valence-electron chi connectivity index (χ1n) is 6.93. The van der Waals surface area contributed by atoms with Crippen LogP contribution in [-0.2, 0) is 13.6 Å². The Kier molecular flexibility index (Phi) is 2.75. The predicted octanol–water partition coefficient (Wildman–Crippen LogP) is 1.16. The van der Waals surface area contributed by atoms with E-state index < -0.39 is 0 Å². The fourth-order valence-corrected chi connectivity index (χ4v) is 3.68. The van der Waals surface area contributed by atoms with Crippen molar-refractivity contribution in [3.8, 4) is 0 Å². The number of likely N-dealkylation sites (tertiary alicyclic amines) is 1. The van der Waals surface area contributed by atoms with E-state index in [9.17, 15) is 0 Å². The number of nitrogens with zero attached hydrogens (tertiary/aromatic N) is 3. The minimum atomic E-state index is 0.302. The molecular weight excluding hydrogens is 224 g/mol. The lowest BCUT2D eigenvalue weighted by atomic mass is 9.85. The van der Waals surface area contributed by atoms with E-state index in [0.29, 0.717) is 5.54 Å². The van der Waals surface area contributed by atoms with Gasteiger partial charge in [0, 0.05) is 43.5 Å². The van der Waals surface area contributed by atoms with E-state index in [1.165, 1.54) is 30.9 Å². The third-order valence-corrected chi connectivity index (χ3v) is 5.22. The van der Waals surface area contributed by atoms with Crippen molar-refractivity contribution >= 4 is 0 Å². The maximum absolute atomic E-state index is 4.36. The number of hydrogen-bond acceptors (Lipinski definition) is 3. The van der Waals surface area contributed by atoms with Gasteiger partial charge in [0.2, 0.25) is 0 Å². The summed E-state index contributed by atoms with van der Waals surface area (Å²) in [5.41, 5.74) is 2.97. The van der Waals surface area contributed by atoms with E-state index in [4.69, 9.17) is 0 Å². The van der Waals surface area contributed by atoms with Crippen molar-refractivity contribution in [1.82, 2.24) is 20.0 Å². The van der Waals surface area contributed by atoms with E-state index in [-0.39, 0.29) is 0 Å². The zero-order valence-electron chi connectivity index (χ0n) is 11.9. The third kappa shape index (κ3) is 1.70. The van der Waals surface area contributed by atoms with Crippen molar-refractivity contribution in [3.05, 3.63) is 17.5 Å². The van der Waals surface area contributed by atoms with Crippen LogP contribution in [0.5, 0.6) is 0 Å². The second kappa shape index (κ2) is 4.07. The van der Waals surface area contributed by atoms with Crippen molar-refractivity contribution in [2.24, 2.45) is 18.9 Å². The van der Waals surface area contributed by atoms with Gasteiger partial charge in [0.1, 0.15) is 0 Å². The van der Waals surface area contributed by atoms with Gasteiger partial charge in [0.05, 0.1) is 6.20 Å². The van der Waals surface area contributed by atoms with Crippen molar-refractivity contribution in [2.75, 3.05) is 19.6 Å². The van der Waals surface area contributed by atoms with Crippen LogP contribution in [0.25, 0.3) is 0 Å². The van der Waals surface area contributed by atoms with Crippen LogP contribution in [0.2, 0.25) is 0 Å². The molecule has 2 unspecified atom stereocenters. The summed E-state index contributed by atoms with van der Waals surface area (Å²) in [5, 5.41) is 7.89. The molecule has 2 saturated heterocycles. The number of aryl methyl sites for hydroxylation is 1. The molecule has 4 heteroatoms. The van der Waals surface area contributed by atoms with Crippen molar-refractivity contribution in [1.29, 1.82) is 0 Å². The molecule has 0 aliphatic carbocycles. The van der Waals surface area contributed by atoms with Crippen molar-refractivity contribution in [3.63, 3.8) is 0 Å². The molecule has 2 fully saturated rings. The highest BCUT2D eigenvalue weighted by Gasteiger charge is 2.49. The first-order chi connectivity index (χ1) is 8.50. The molecular formula is C14H24N4. The number of hydrogen-bond donors (Lipinski definition) is 1. The summed E-state index contributed by atoms with van der Waals surface area (Å²) in [6.45, 7) is 11.6. The van der Waals surface area contributed by atoms with Gasteiger partial charge in [0.25, 0.3) is 0 Å². The van der Waals surface area contributed by atoms with E-state index >= 15 is 0 Å². The van der Waals surface area contributed by atoms with Crippen LogP contribution in [-0.4, -0.2) is 39.9 Å². The summed E-state index contributed by atoms with van der Waals surface area (Å²) in [6.07, 6.45) is 2.03. The van der Waals surface area contributed by atoms with Gasteiger partial charge < -0.3 is 5.32 Å². The fraction of sp³-hybridized carbons (Fsp3) is 0.786. The van der Waals surface area contributed by atoms with Crippen LogP contribution in [0.1, 0.15) is 25.1 Å². The molecule has 2 atom stereocenters. The highest BCUT2D eigenvalue weighted by molar-refractivity contribution is 5.17. The molecule has 0 amide bonds. The summed E-state index contributed by atoms with van der Waals surface area (Å²) in [6, 6.07) is 0. The molecule has 1 aromatic rings.